The van der Waals surface area contributed by atoms with E-state index in [-0.39, 0.29) is 17.0 Å². The van der Waals surface area contributed by atoms with Crippen molar-refractivity contribution in [2.45, 2.75) is 10.1 Å². The Balaban J connectivity index is 1.41. The molecule has 0 unspecified atom stereocenters. The maximum absolute atomic E-state index is 12.5. The molecule has 0 atom stereocenters. The van der Waals surface area contributed by atoms with Gasteiger partial charge in [0.05, 0.1) is 12.7 Å². The number of methoxy groups -OCH3 is 1. The molecule has 0 spiro atoms. The van der Waals surface area contributed by atoms with Crippen LogP contribution < -0.4 is 4.74 Å². The van der Waals surface area contributed by atoms with Gasteiger partial charge < -0.3 is 4.74 Å². The van der Waals surface area contributed by atoms with E-state index in [0.29, 0.717) is 16.7 Å². The molecule has 0 bridgehead atoms. The lowest BCUT2D eigenvalue weighted by Gasteiger charge is -2.13. The van der Waals surface area contributed by atoms with Crippen molar-refractivity contribution in [2.75, 3.05) is 19.4 Å². The molecule has 10 heteroatoms. The third-order valence-corrected chi connectivity index (χ3v) is 6.93. The van der Waals surface area contributed by atoms with Crippen LogP contribution in [0.4, 0.5) is 0 Å². The van der Waals surface area contributed by atoms with Crippen molar-refractivity contribution in [3.05, 3.63) is 54.1 Å². The standard InChI is InChI=1S/C18H16N4O4S2/c1-26-13-8-6-12(7-9-13)16-19-18(21-20-16)27-11-10-22-17(23)14-4-2-3-5-15(14)28(22,24)25/h2-9H,10-11H2,1H3,(H,19,20,21). The van der Waals surface area contributed by atoms with Crippen LogP contribution in [0, 0.1) is 0 Å². The van der Waals surface area contributed by atoms with Gasteiger partial charge in [0, 0.05) is 17.9 Å². The van der Waals surface area contributed by atoms with Gasteiger partial charge in [-0.1, -0.05) is 23.9 Å². The Kier molecular flexibility index (Phi) is 4.82. The largest absolute Gasteiger partial charge is 0.497 e. The van der Waals surface area contributed by atoms with E-state index < -0.39 is 15.9 Å². The van der Waals surface area contributed by atoms with Crippen molar-refractivity contribution in [1.29, 1.82) is 0 Å². The number of fused-ring (bicyclic) bond motifs is 1. The van der Waals surface area contributed by atoms with Gasteiger partial charge in [-0.15, -0.1) is 5.10 Å². The predicted octanol–water partition coefficient (Wildman–Crippen LogP) is 2.42. The molecule has 144 valence electrons. The quantitative estimate of drug-likeness (QED) is 0.615. The molecule has 1 aromatic heterocycles. The number of benzene rings is 2. The lowest BCUT2D eigenvalue weighted by molar-refractivity contribution is 0.0876. The maximum atomic E-state index is 12.5. The summed E-state index contributed by atoms with van der Waals surface area (Å²) in [5.41, 5.74) is 1.07. The highest BCUT2D eigenvalue weighted by molar-refractivity contribution is 7.99. The maximum Gasteiger partial charge on any atom is 0.269 e. The van der Waals surface area contributed by atoms with Crippen LogP contribution in [-0.4, -0.2) is 53.2 Å². The first-order valence-electron chi connectivity index (χ1n) is 8.36. The second-order valence-electron chi connectivity index (χ2n) is 5.92. The van der Waals surface area contributed by atoms with Crippen molar-refractivity contribution in [2.24, 2.45) is 0 Å². The summed E-state index contributed by atoms with van der Waals surface area (Å²) in [6.07, 6.45) is 0. The first-order valence-corrected chi connectivity index (χ1v) is 10.8. The third kappa shape index (κ3) is 3.25. The molecule has 4 rings (SSSR count). The summed E-state index contributed by atoms with van der Waals surface area (Å²) in [6.45, 7) is 0.0485. The summed E-state index contributed by atoms with van der Waals surface area (Å²) in [7, 11) is -2.19. The summed E-state index contributed by atoms with van der Waals surface area (Å²) in [5, 5.41) is 7.47. The first-order chi connectivity index (χ1) is 13.5. The number of carbonyl (C=O) groups is 1. The van der Waals surface area contributed by atoms with Gasteiger partial charge in [0.2, 0.25) is 5.16 Å². The Morgan fingerprint density at radius 3 is 2.61 bits per heavy atom. The number of rotatable bonds is 6. The topological polar surface area (TPSA) is 105 Å². The van der Waals surface area contributed by atoms with Gasteiger partial charge in [0.1, 0.15) is 10.6 Å². The minimum Gasteiger partial charge on any atom is -0.497 e. The molecule has 28 heavy (non-hydrogen) atoms. The molecule has 1 N–H and O–H groups in total. The molecule has 0 radical (unpaired) electrons. The average Bonchev–Trinajstić information content (AvgIpc) is 3.26. The zero-order valence-electron chi connectivity index (χ0n) is 14.8. The molecule has 3 aromatic rings. The van der Waals surface area contributed by atoms with Crippen molar-refractivity contribution < 1.29 is 17.9 Å². The van der Waals surface area contributed by atoms with E-state index in [1.54, 1.807) is 19.2 Å². The van der Waals surface area contributed by atoms with Gasteiger partial charge in [0.25, 0.3) is 15.9 Å². The molecule has 0 fully saturated rings. The predicted molar refractivity (Wildman–Crippen MR) is 104 cm³/mol. The van der Waals surface area contributed by atoms with E-state index in [2.05, 4.69) is 15.2 Å². The summed E-state index contributed by atoms with van der Waals surface area (Å²) < 4.78 is 31.1. The van der Waals surface area contributed by atoms with Crippen LogP contribution in [0.3, 0.4) is 0 Å². The van der Waals surface area contributed by atoms with Crippen LogP contribution in [0.1, 0.15) is 10.4 Å². The van der Waals surface area contributed by atoms with Crippen LogP contribution in [0.2, 0.25) is 0 Å². The van der Waals surface area contributed by atoms with Crippen LogP contribution >= 0.6 is 11.8 Å². The molecule has 2 aromatic carbocycles. The fraction of sp³-hybridized carbons (Fsp3) is 0.167. The molecule has 1 aliphatic heterocycles. The summed E-state index contributed by atoms with van der Waals surface area (Å²) in [5.74, 6) is 1.20. The molecule has 0 saturated heterocycles. The molecule has 2 heterocycles. The number of hydrogen-bond donors (Lipinski definition) is 1. The van der Waals surface area contributed by atoms with E-state index in [0.717, 1.165) is 15.6 Å². The summed E-state index contributed by atoms with van der Waals surface area (Å²) in [6, 6.07) is 13.6. The second-order valence-corrected chi connectivity index (χ2v) is 8.81. The number of nitrogens with one attached hydrogen (secondary N) is 1. The van der Waals surface area contributed by atoms with E-state index in [9.17, 15) is 13.2 Å². The number of aromatic amines is 1. The van der Waals surface area contributed by atoms with E-state index in [1.807, 2.05) is 24.3 Å². The molecule has 1 aliphatic rings. The van der Waals surface area contributed by atoms with E-state index in [1.165, 1.54) is 23.9 Å². The highest BCUT2D eigenvalue weighted by Crippen LogP contribution is 2.30. The summed E-state index contributed by atoms with van der Waals surface area (Å²) >= 11 is 1.28. The second kappa shape index (κ2) is 7.28. The molecule has 1 amide bonds. The number of amides is 1. The van der Waals surface area contributed by atoms with Crippen molar-refractivity contribution in [3.8, 4) is 17.1 Å². The SMILES string of the molecule is COc1ccc(-c2nc(SCCN3C(=O)c4ccccc4S3(=O)=O)n[nH]2)cc1. The minimum atomic E-state index is -3.78. The highest BCUT2D eigenvalue weighted by Gasteiger charge is 2.40. The summed E-state index contributed by atoms with van der Waals surface area (Å²) in [4.78, 5) is 16.8. The fourth-order valence-electron chi connectivity index (χ4n) is 2.86. The van der Waals surface area contributed by atoms with Crippen LogP contribution in [-0.2, 0) is 10.0 Å². The lowest BCUT2D eigenvalue weighted by atomic mass is 10.2. The van der Waals surface area contributed by atoms with Crippen molar-refractivity contribution >= 4 is 27.7 Å². The van der Waals surface area contributed by atoms with E-state index in [4.69, 9.17) is 4.74 Å². The third-order valence-electron chi connectivity index (χ3n) is 4.27. The Morgan fingerprint density at radius 1 is 1.14 bits per heavy atom. The van der Waals surface area contributed by atoms with Gasteiger partial charge in [-0.25, -0.2) is 17.7 Å². The monoisotopic (exact) mass is 416 g/mol. The van der Waals surface area contributed by atoms with Gasteiger partial charge >= 0.3 is 0 Å². The zero-order valence-corrected chi connectivity index (χ0v) is 16.5. The van der Waals surface area contributed by atoms with Gasteiger partial charge in [-0.05, 0) is 36.4 Å². The number of nitrogens with zero attached hydrogens (tertiary/aromatic N) is 3. The van der Waals surface area contributed by atoms with Crippen molar-refractivity contribution in [1.82, 2.24) is 19.5 Å². The number of ether oxygens (including phenoxy) is 1. The fourth-order valence-corrected chi connectivity index (χ4v) is 5.27. The average molecular weight is 416 g/mol. The number of thioether (sulfide) groups is 1. The molecule has 0 aliphatic carbocycles. The molecular formula is C18H16N4O4S2. The minimum absolute atomic E-state index is 0.0485. The smallest absolute Gasteiger partial charge is 0.269 e. The van der Waals surface area contributed by atoms with Crippen LogP contribution in [0.15, 0.2) is 58.6 Å². The molecule has 8 nitrogen and oxygen atoms in total. The molecular weight excluding hydrogens is 400 g/mol. The number of hydrogen-bond acceptors (Lipinski definition) is 7. The van der Waals surface area contributed by atoms with E-state index >= 15 is 0 Å². The number of H-pyrrole nitrogens is 1. The van der Waals surface area contributed by atoms with Crippen LogP contribution in [0.25, 0.3) is 11.4 Å². The number of carbonyl (C=O) groups excluding carboxylic acids is 1. The Morgan fingerprint density at radius 2 is 1.89 bits per heavy atom. The Hall–Kier alpha value is -2.85. The zero-order chi connectivity index (χ0) is 19.7. The molecule has 0 saturated carbocycles. The van der Waals surface area contributed by atoms with Gasteiger partial charge in [-0.3, -0.25) is 9.89 Å². The van der Waals surface area contributed by atoms with Gasteiger partial charge in [0.15, 0.2) is 5.82 Å². The number of aromatic nitrogens is 3. The van der Waals surface area contributed by atoms with Crippen LogP contribution in [0.5, 0.6) is 5.75 Å². The normalized spacial score (nSPS) is 14.9. The first kappa shape index (κ1) is 18.5. The highest BCUT2D eigenvalue weighted by atomic mass is 32.2. The Labute approximate surface area is 166 Å². The number of sulfonamides is 1. The lowest BCUT2D eigenvalue weighted by Crippen LogP contribution is -2.32. The van der Waals surface area contributed by atoms with Crippen molar-refractivity contribution in [3.63, 3.8) is 0 Å². The Bertz CT molecular complexity index is 1130. The van der Waals surface area contributed by atoms with Gasteiger partial charge in [-0.2, -0.15) is 0 Å².